The molecule has 1 N–H and O–H groups in total. The summed E-state index contributed by atoms with van der Waals surface area (Å²) in [6.45, 7) is 0. The fraction of sp³-hybridized carbons (Fsp3) is 0.294. The minimum absolute atomic E-state index is 0.161. The van der Waals surface area contributed by atoms with E-state index in [-0.39, 0.29) is 22.6 Å². The largest absolute Gasteiger partial charge is 0.469 e. The van der Waals surface area contributed by atoms with Crippen LogP contribution in [0.1, 0.15) is 17.9 Å². The predicted octanol–water partition coefficient (Wildman–Crippen LogP) is 1.82. The standard InChI is InChI=1S/C17H15N3O7/c1-25-13(21)7-12-15(17(22)26-2)14(11(8-18)16(19)27-12)9-4-3-5-10(6-9)20(23)24/h3-6,11,14,19H,7H2,1-2H3. The minimum atomic E-state index is -1.23. The Kier molecular flexibility index (Phi) is 5.87. The molecular weight excluding hydrogens is 358 g/mol. The number of carbonyl (C=O) groups excluding carboxylic acids is 2. The zero-order valence-electron chi connectivity index (χ0n) is 14.4. The van der Waals surface area contributed by atoms with Gasteiger partial charge in [0.15, 0.2) is 0 Å². The first-order valence-electron chi connectivity index (χ1n) is 7.62. The number of carbonyl (C=O) groups is 2. The number of benzene rings is 1. The molecule has 1 aromatic rings. The number of ether oxygens (including phenoxy) is 3. The highest BCUT2D eigenvalue weighted by atomic mass is 16.6. The molecule has 0 radical (unpaired) electrons. The van der Waals surface area contributed by atoms with Crippen molar-refractivity contribution in [2.24, 2.45) is 5.92 Å². The summed E-state index contributed by atoms with van der Waals surface area (Å²) in [7, 11) is 2.25. The first-order valence-corrected chi connectivity index (χ1v) is 7.62. The number of esters is 2. The molecule has 0 aliphatic carbocycles. The lowest BCUT2D eigenvalue weighted by molar-refractivity contribution is -0.384. The van der Waals surface area contributed by atoms with E-state index in [9.17, 15) is 25.0 Å². The van der Waals surface area contributed by atoms with Crippen molar-refractivity contribution >= 4 is 23.5 Å². The molecule has 140 valence electrons. The van der Waals surface area contributed by atoms with E-state index in [4.69, 9.17) is 14.9 Å². The number of hydrogen-bond donors (Lipinski definition) is 1. The summed E-state index contributed by atoms with van der Waals surface area (Å²) >= 11 is 0. The van der Waals surface area contributed by atoms with Crippen molar-refractivity contribution in [1.82, 2.24) is 0 Å². The molecule has 0 aromatic heterocycles. The van der Waals surface area contributed by atoms with Crippen molar-refractivity contribution in [3.63, 3.8) is 0 Å². The number of nitrogens with zero attached hydrogens (tertiary/aromatic N) is 2. The molecule has 10 nitrogen and oxygen atoms in total. The van der Waals surface area contributed by atoms with E-state index in [0.717, 1.165) is 14.2 Å². The summed E-state index contributed by atoms with van der Waals surface area (Å²) in [4.78, 5) is 34.5. The molecule has 2 atom stereocenters. The Hall–Kier alpha value is -3.74. The zero-order valence-corrected chi connectivity index (χ0v) is 14.4. The first-order chi connectivity index (χ1) is 12.8. The molecule has 2 rings (SSSR count). The van der Waals surface area contributed by atoms with Gasteiger partial charge in [-0.25, -0.2) is 4.79 Å². The highest BCUT2D eigenvalue weighted by molar-refractivity contribution is 5.97. The molecule has 1 aliphatic rings. The molecule has 0 saturated heterocycles. The van der Waals surface area contributed by atoms with Crippen LogP contribution in [0.5, 0.6) is 0 Å². The Bertz CT molecular complexity index is 885. The highest BCUT2D eigenvalue weighted by Crippen LogP contribution is 2.41. The lowest BCUT2D eigenvalue weighted by atomic mass is 9.78. The quantitative estimate of drug-likeness (QED) is 0.466. The third-order valence-corrected chi connectivity index (χ3v) is 3.98. The van der Waals surface area contributed by atoms with Crippen molar-refractivity contribution in [1.29, 1.82) is 10.7 Å². The van der Waals surface area contributed by atoms with Gasteiger partial charge in [-0.1, -0.05) is 12.1 Å². The SMILES string of the molecule is COC(=O)CC1=C(C(=O)OC)C(c2cccc([N+](=O)[O-])c2)C(C#N)C(=N)O1. The van der Waals surface area contributed by atoms with Crippen LogP contribution in [-0.4, -0.2) is 37.0 Å². The van der Waals surface area contributed by atoms with Gasteiger partial charge in [-0.3, -0.25) is 20.3 Å². The number of nitrogens with one attached hydrogen (secondary N) is 1. The molecule has 10 heteroatoms. The fourth-order valence-corrected chi connectivity index (χ4v) is 2.75. The second kappa shape index (κ2) is 8.09. The second-order valence-corrected chi connectivity index (χ2v) is 5.48. The lowest BCUT2D eigenvalue weighted by Gasteiger charge is -2.31. The maximum Gasteiger partial charge on any atom is 0.337 e. The summed E-state index contributed by atoms with van der Waals surface area (Å²) < 4.78 is 14.5. The van der Waals surface area contributed by atoms with Crippen LogP contribution in [0.15, 0.2) is 35.6 Å². The minimum Gasteiger partial charge on any atom is -0.469 e. The van der Waals surface area contributed by atoms with E-state index in [1.165, 1.54) is 24.3 Å². The van der Waals surface area contributed by atoms with Crippen LogP contribution in [0, 0.1) is 32.8 Å². The van der Waals surface area contributed by atoms with E-state index in [2.05, 4.69) is 4.74 Å². The van der Waals surface area contributed by atoms with E-state index in [0.29, 0.717) is 0 Å². The van der Waals surface area contributed by atoms with Crippen molar-refractivity contribution < 1.29 is 28.7 Å². The molecule has 1 aromatic carbocycles. The molecule has 2 unspecified atom stereocenters. The van der Waals surface area contributed by atoms with Gasteiger partial charge in [0.2, 0.25) is 5.90 Å². The molecule has 0 fully saturated rings. The Morgan fingerprint density at radius 3 is 2.63 bits per heavy atom. The summed E-state index contributed by atoms with van der Waals surface area (Å²) in [6, 6.07) is 7.21. The number of non-ortho nitro benzene ring substituents is 1. The number of nitriles is 1. The van der Waals surface area contributed by atoms with Gasteiger partial charge in [0.05, 0.1) is 30.8 Å². The van der Waals surface area contributed by atoms with Gasteiger partial charge in [-0.2, -0.15) is 5.26 Å². The van der Waals surface area contributed by atoms with E-state index < -0.39 is 41.0 Å². The fourth-order valence-electron chi connectivity index (χ4n) is 2.75. The lowest BCUT2D eigenvalue weighted by Crippen LogP contribution is -2.34. The van der Waals surface area contributed by atoms with Crippen molar-refractivity contribution in [3.05, 3.63) is 51.3 Å². The van der Waals surface area contributed by atoms with Gasteiger partial charge < -0.3 is 14.2 Å². The maximum absolute atomic E-state index is 12.4. The van der Waals surface area contributed by atoms with Crippen molar-refractivity contribution in [2.45, 2.75) is 12.3 Å². The zero-order chi connectivity index (χ0) is 20.1. The second-order valence-electron chi connectivity index (χ2n) is 5.48. The van der Waals surface area contributed by atoms with E-state index in [1.54, 1.807) is 0 Å². The summed E-state index contributed by atoms with van der Waals surface area (Å²) in [5.74, 6) is -4.60. The van der Waals surface area contributed by atoms with Crippen LogP contribution in [0.4, 0.5) is 5.69 Å². The van der Waals surface area contributed by atoms with Gasteiger partial charge in [-0.05, 0) is 5.56 Å². The monoisotopic (exact) mass is 373 g/mol. The maximum atomic E-state index is 12.4. The van der Waals surface area contributed by atoms with Gasteiger partial charge >= 0.3 is 11.9 Å². The highest BCUT2D eigenvalue weighted by Gasteiger charge is 2.43. The molecule has 0 amide bonds. The topological polar surface area (TPSA) is 153 Å². The number of nitro benzene ring substituents is 1. The average Bonchev–Trinajstić information content (AvgIpc) is 2.66. The first kappa shape index (κ1) is 19.6. The number of nitro groups is 1. The molecule has 1 heterocycles. The van der Waals surface area contributed by atoms with Gasteiger partial charge in [-0.15, -0.1) is 0 Å². The summed E-state index contributed by atoms with van der Waals surface area (Å²) in [5.41, 5.74) is -0.168. The van der Waals surface area contributed by atoms with Crippen LogP contribution in [0.25, 0.3) is 0 Å². The molecule has 0 bridgehead atoms. The molecule has 1 aliphatic heterocycles. The average molecular weight is 373 g/mol. The Morgan fingerprint density at radius 1 is 1.37 bits per heavy atom. The van der Waals surface area contributed by atoms with Crippen LogP contribution in [0.3, 0.4) is 0 Å². The third-order valence-electron chi connectivity index (χ3n) is 3.98. The summed E-state index contributed by atoms with van der Waals surface area (Å²) in [5, 5.41) is 28.5. The van der Waals surface area contributed by atoms with Crippen LogP contribution in [0.2, 0.25) is 0 Å². The number of hydrogen-bond acceptors (Lipinski definition) is 9. The van der Waals surface area contributed by atoms with Gasteiger partial charge in [0.25, 0.3) is 5.69 Å². The van der Waals surface area contributed by atoms with Gasteiger partial charge in [0, 0.05) is 18.1 Å². The Labute approximate surface area is 153 Å². The van der Waals surface area contributed by atoms with Crippen molar-refractivity contribution in [2.75, 3.05) is 14.2 Å². The predicted molar refractivity (Wildman–Crippen MR) is 89.4 cm³/mol. The normalized spacial score (nSPS) is 18.9. The Balaban J connectivity index is 2.71. The van der Waals surface area contributed by atoms with Crippen LogP contribution < -0.4 is 0 Å². The van der Waals surface area contributed by atoms with Crippen LogP contribution in [-0.2, 0) is 23.8 Å². The van der Waals surface area contributed by atoms with Crippen LogP contribution >= 0.6 is 0 Å². The molecule has 0 spiro atoms. The molecular formula is C17H15N3O7. The van der Waals surface area contributed by atoms with Gasteiger partial charge in [0.1, 0.15) is 18.1 Å². The molecule has 0 saturated carbocycles. The third kappa shape index (κ3) is 3.92. The molecule has 27 heavy (non-hydrogen) atoms. The van der Waals surface area contributed by atoms with Crippen molar-refractivity contribution in [3.8, 4) is 6.07 Å². The number of rotatable bonds is 5. The van der Waals surface area contributed by atoms with E-state index in [1.807, 2.05) is 6.07 Å². The Morgan fingerprint density at radius 2 is 2.07 bits per heavy atom. The number of methoxy groups -OCH3 is 2. The smallest absolute Gasteiger partial charge is 0.337 e. The van der Waals surface area contributed by atoms with E-state index >= 15 is 0 Å². The summed E-state index contributed by atoms with van der Waals surface area (Å²) in [6.07, 6.45) is -0.465.